The van der Waals surface area contributed by atoms with Crippen molar-refractivity contribution in [3.05, 3.63) is 107 Å². The van der Waals surface area contributed by atoms with Crippen LogP contribution in [0.5, 0.6) is 0 Å². The summed E-state index contributed by atoms with van der Waals surface area (Å²) in [7, 11) is 0. The third-order valence-corrected chi connectivity index (χ3v) is 5.73. The Morgan fingerprint density at radius 3 is 2.11 bits per heavy atom. The summed E-state index contributed by atoms with van der Waals surface area (Å²) in [6.07, 6.45) is 1.37. The minimum absolute atomic E-state index is 0.144. The van der Waals surface area contributed by atoms with Crippen molar-refractivity contribution in [1.29, 1.82) is 0 Å². The lowest BCUT2D eigenvalue weighted by Crippen LogP contribution is -2.18. The number of hydrogen-bond donors (Lipinski definition) is 0. The fourth-order valence-electron chi connectivity index (χ4n) is 3.46. The molecule has 2 aromatic heterocycles. The van der Waals surface area contributed by atoms with Crippen molar-refractivity contribution in [2.75, 3.05) is 0 Å². The monoisotopic (exact) mass is 382 g/mol. The van der Waals surface area contributed by atoms with E-state index < -0.39 is 0 Å². The number of fused-ring (bicyclic) bond motifs is 4. The third-order valence-electron chi connectivity index (χ3n) is 4.85. The van der Waals surface area contributed by atoms with E-state index in [-0.39, 0.29) is 17.3 Å². The summed E-state index contributed by atoms with van der Waals surface area (Å²) < 4.78 is 6.40. The van der Waals surface area contributed by atoms with Crippen molar-refractivity contribution in [1.82, 2.24) is 0 Å². The summed E-state index contributed by atoms with van der Waals surface area (Å²) in [4.78, 5) is 23.8. The van der Waals surface area contributed by atoms with Crippen molar-refractivity contribution in [2.45, 2.75) is 0 Å². The van der Waals surface area contributed by atoms with Crippen LogP contribution < -0.4 is 0 Å². The molecule has 4 heteroatoms. The van der Waals surface area contributed by atoms with Gasteiger partial charge in [-0.2, -0.15) is 0 Å². The Kier molecular flexibility index (Phi) is 3.92. The minimum Gasteiger partial charge on any atom is -0.460 e. The van der Waals surface area contributed by atoms with E-state index in [0.717, 1.165) is 0 Å². The Hall–Kier alpha value is -3.50. The summed E-state index contributed by atoms with van der Waals surface area (Å²) in [5.74, 6) is -0.210. The lowest BCUT2D eigenvalue weighted by Gasteiger charge is -2.11. The summed E-state index contributed by atoms with van der Waals surface area (Å²) >= 11 is 1.80. The molecule has 0 saturated carbocycles. The second-order valence-corrected chi connectivity index (χ2v) is 7.47. The highest BCUT2D eigenvalue weighted by Crippen LogP contribution is 2.28. The molecule has 0 bridgehead atoms. The van der Waals surface area contributed by atoms with Crippen LogP contribution >= 0.6 is 11.3 Å². The van der Waals surface area contributed by atoms with E-state index in [1.165, 1.54) is 33.2 Å². The second-order valence-electron chi connectivity index (χ2n) is 6.53. The number of furan rings is 1. The number of carbonyl (C=O) groups is 2. The highest BCUT2D eigenvalue weighted by Gasteiger charge is 2.31. The van der Waals surface area contributed by atoms with E-state index in [0.29, 0.717) is 16.7 Å². The molecular weight excluding hydrogens is 368 g/mol. The van der Waals surface area contributed by atoms with Crippen LogP contribution in [-0.4, -0.2) is 11.6 Å². The van der Waals surface area contributed by atoms with Gasteiger partial charge in [-0.05, 0) is 45.8 Å². The maximum Gasteiger partial charge on any atom is 0.229 e. The first-order valence-corrected chi connectivity index (χ1v) is 9.72. The number of thiophene rings is 1. The predicted molar refractivity (Wildman–Crippen MR) is 111 cm³/mol. The first kappa shape index (κ1) is 16.7. The van der Waals surface area contributed by atoms with E-state index >= 15 is 0 Å². The zero-order chi connectivity index (χ0) is 19.1. The van der Waals surface area contributed by atoms with Gasteiger partial charge in [0.15, 0.2) is 11.5 Å². The first-order valence-electron chi connectivity index (χ1n) is 8.84. The average molecular weight is 382 g/mol. The number of rotatable bonds is 0. The number of benzene rings is 3. The van der Waals surface area contributed by atoms with Gasteiger partial charge >= 0.3 is 0 Å². The van der Waals surface area contributed by atoms with Crippen LogP contribution in [0.2, 0.25) is 0 Å². The Morgan fingerprint density at radius 2 is 1.32 bits per heavy atom. The lowest BCUT2D eigenvalue weighted by molar-refractivity contribution is 0.0960. The smallest absolute Gasteiger partial charge is 0.229 e. The molecule has 0 atom stereocenters. The van der Waals surface area contributed by atoms with Crippen LogP contribution in [0.15, 0.2) is 88.9 Å². The van der Waals surface area contributed by atoms with Crippen molar-refractivity contribution in [3.8, 4) is 0 Å². The quantitative estimate of drug-likeness (QED) is 0.318. The molecule has 0 spiro atoms. The number of carbonyl (C=O) groups excluding carboxylic acids is 2. The zero-order valence-corrected chi connectivity index (χ0v) is 15.5. The summed E-state index contributed by atoms with van der Waals surface area (Å²) in [6.45, 7) is 0. The third kappa shape index (κ3) is 2.66. The van der Waals surface area contributed by atoms with Gasteiger partial charge in [0.2, 0.25) is 5.78 Å². The molecule has 0 saturated heterocycles. The van der Waals surface area contributed by atoms with E-state index in [4.69, 9.17) is 4.42 Å². The Labute approximate surface area is 164 Å². The van der Waals surface area contributed by atoms with E-state index in [1.807, 2.05) is 0 Å². The highest BCUT2D eigenvalue weighted by atomic mass is 32.1. The fraction of sp³-hybridized carbons (Fsp3) is 0. The Bertz CT molecular complexity index is 1260. The molecule has 5 aromatic rings. The molecule has 3 nitrogen and oxygen atoms in total. The largest absolute Gasteiger partial charge is 0.460 e. The van der Waals surface area contributed by atoms with Gasteiger partial charge in [0, 0.05) is 15.8 Å². The lowest BCUT2D eigenvalue weighted by atomic mass is 9.89. The van der Waals surface area contributed by atoms with Crippen LogP contribution in [0.3, 0.4) is 0 Å². The minimum atomic E-state index is -0.217. The normalized spacial score (nSPS) is 12.4. The Morgan fingerprint density at radius 1 is 0.643 bits per heavy atom. The summed E-state index contributed by atoms with van der Waals surface area (Å²) in [5, 5.41) is 6.15. The molecule has 1 aliphatic carbocycles. The van der Waals surface area contributed by atoms with Crippen molar-refractivity contribution in [3.63, 3.8) is 0 Å². The number of ketones is 2. The van der Waals surface area contributed by atoms with Gasteiger partial charge in [0.25, 0.3) is 0 Å². The average Bonchev–Trinajstić information content (AvgIpc) is 3.40. The summed E-state index contributed by atoms with van der Waals surface area (Å²) in [5.41, 5.74) is 1.24. The predicted octanol–water partition coefficient (Wildman–Crippen LogP) is 6.11. The molecule has 28 heavy (non-hydrogen) atoms. The van der Waals surface area contributed by atoms with Gasteiger partial charge in [-0.3, -0.25) is 9.59 Å². The van der Waals surface area contributed by atoms with Crippen molar-refractivity contribution in [2.24, 2.45) is 0 Å². The van der Waals surface area contributed by atoms with Crippen LogP contribution in [0, 0.1) is 0 Å². The Balaban J connectivity index is 0.000000123. The van der Waals surface area contributed by atoms with Crippen LogP contribution in [0.1, 0.15) is 32.0 Å². The van der Waals surface area contributed by atoms with Crippen molar-refractivity contribution >= 4 is 43.8 Å². The molecule has 1 aliphatic rings. The van der Waals surface area contributed by atoms with E-state index in [2.05, 4.69) is 47.8 Å². The van der Waals surface area contributed by atoms with Crippen LogP contribution in [0.25, 0.3) is 20.9 Å². The first-order chi connectivity index (χ1) is 13.7. The molecule has 134 valence electrons. The van der Waals surface area contributed by atoms with Gasteiger partial charge in [-0.25, -0.2) is 0 Å². The van der Waals surface area contributed by atoms with Crippen molar-refractivity contribution < 1.29 is 14.0 Å². The van der Waals surface area contributed by atoms with Gasteiger partial charge in [0.05, 0.1) is 11.8 Å². The number of hydrogen-bond acceptors (Lipinski definition) is 4. The topological polar surface area (TPSA) is 47.3 Å². The maximum atomic E-state index is 11.9. The van der Waals surface area contributed by atoms with Crippen LogP contribution in [0.4, 0.5) is 0 Å². The fourth-order valence-corrected chi connectivity index (χ4v) is 4.28. The van der Waals surface area contributed by atoms with Gasteiger partial charge < -0.3 is 4.42 Å². The molecular formula is C24H14O3S. The molecule has 3 aromatic carbocycles. The highest BCUT2D eigenvalue weighted by molar-refractivity contribution is 7.17. The molecule has 0 N–H and O–H groups in total. The summed E-state index contributed by atoms with van der Waals surface area (Å²) in [6, 6.07) is 23.5. The standard InChI is InChI=1S/C12H6O3.C12H8S/c13-10-7-3-1-2-4-8(7)11(14)12-9(10)5-6-15-12;1-2-4-10-8-12-11(5-6-13-12)7-9(10)3-1/h1-6H;1-8H. The van der Waals surface area contributed by atoms with E-state index in [9.17, 15) is 9.59 Å². The van der Waals surface area contributed by atoms with E-state index in [1.54, 1.807) is 35.6 Å². The van der Waals surface area contributed by atoms with Gasteiger partial charge in [-0.1, -0.05) is 48.5 Å². The molecule has 2 heterocycles. The maximum absolute atomic E-state index is 11.9. The molecule has 0 amide bonds. The molecule has 0 radical (unpaired) electrons. The molecule has 0 unspecified atom stereocenters. The van der Waals surface area contributed by atoms with Crippen LogP contribution in [-0.2, 0) is 0 Å². The molecule has 0 fully saturated rings. The molecule has 6 rings (SSSR count). The molecule has 0 aliphatic heterocycles. The second kappa shape index (κ2) is 6.59. The van der Waals surface area contributed by atoms with Gasteiger partial charge in [-0.15, -0.1) is 11.3 Å². The zero-order valence-electron chi connectivity index (χ0n) is 14.7. The van der Waals surface area contributed by atoms with Gasteiger partial charge in [0.1, 0.15) is 0 Å². The SMILES string of the molecule is O=C1c2ccccc2C(=O)c2occc21.c1ccc2cc3sccc3cc2c1.